The number of rotatable bonds is 3. The third kappa shape index (κ3) is 3.16. The number of fused-ring (bicyclic) bond motifs is 3. The van der Waals surface area contributed by atoms with Gasteiger partial charge in [0, 0.05) is 24.8 Å². The number of piperidine rings is 1. The number of nitrogens with zero attached hydrogens (tertiary/aromatic N) is 4. The molecule has 5 nitrogen and oxygen atoms in total. The number of carbonyl (C=O) groups excluding carboxylic acids is 1. The second-order valence-electron chi connectivity index (χ2n) is 8.09. The lowest BCUT2D eigenvalue weighted by Crippen LogP contribution is -2.49. The van der Waals surface area contributed by atoms with E-state index in [2.05, 4.69) is 33.3 Å². The van der Waals surface area contributed by atoms with Gasteiger partial charge in [-0.25, -0.2) is 9.97 Å². The Morgan fingerprint density at radius 1 is 1.12 bits per heavy atom. The van der Waals surface area contributed by atoms with E-state index in [1.165, 1.54) is 19.3 Å². The molecule has 0 radical (unpaired) electrons. The van der Waals surface area contributed by atoms with E-state index in [1.807, 2.05) is 12.4 Å². The van der Waals surface area contributed by atoms with E-state index in [4.69, 9.17) is 0 Å². The van der Waals surface area contributed by atoms with Crippen LogP contribution in [0.2, 0.25) is 0 Å². The zero-order valence-electron chi connectivity index (χ0n) is 15.3. The largest absolute Gasteiger partial charge is 0.333 e. The van der Waals surface area contributed by atoms with Crippen LogP contribution in [0, 0.1) is 5.92 Å². The molecule has 2 aliphatic rings. The second kappa shape index (κ2) is 6.77. The van der Waals surface area contributed by atoms with Crippen molar-refractivity contribution in [3.05, 3.63) is 24.2 Å². The van der Waals surface area contributed by atoms with Crippen LogP contribution >= 0.6 is 0 Å². The number of imidazole rings is 1. The average molecular weight is 340 g/mol. The van der Waals surface area contributed by atoms with Crippen LogP contribution in [0.4, 0.5) is 0 Å². The zero-order valence-corrected chi connectivity index (χ0v) is 15.3. The summed E-state index contributed by atoms with van der Waals surface area (Å²) < 4.78 is 2.08. The van der Waals surface area contributed by atoms with E-state index in [-0.39, 0.29) is 5.91 Å². The first-order valence-corrected chi connectivity index (χ1v) is 9.77. The molecule has 0 saturated carbocycles. The first-order chi connectivity index (χ1) is 12.1. The maximum absolute atomic E-state index is 13.2. The van der Waals surface area contributed by atoms with Crippen molar-refractivity contribution in [2.24, 2.45) is 5.92 Å². The summed E-state index contributed by atoms with van der Waals surface area (Å²) in [6.07, 6.45) is 12.0. The molecule has 2 saturated heterocycles. The maximum Gasteiger partial charge on any atom is 0.255 e. The minimum atomic E-state index is 0.157. The van der Waals surface area contributed by atoms with Crippen molar-refractivity contribution >= 4 is 17.1 Å². The Hall–Kier alpha value is -1.91. The van der Waals surface area contributed by atoms with E-state index in [1.54, 1.807) is 6.20 Å². The molecule has 2 aliphatic heterocycles. The molecule has 2 atom stereocenters. The van der Waals surface area contributed by atoms with Gasteiger partial charge < -0.3 is 9.47 Å². The van der Waals surface area contributed by atoms with Crippen molar-refractivity contribution in [1.82, 2.24) is 19.4 Å². The van der Waals surface area contributed by atoms with E-state index < -0.39 is 0 Å². The number of amides is 1. The van der Waals surface area contributed by atoms with Gasteiger partial charge >= 0.3 is 0 Å². The van der Waals surface area contributed by atoms with Gasteiger partial charge in [0.1, 0.15) is 5.52 Å². The molecule has 0 spiro atoms. The lowest BCUT2D eigenvalue weighted by atomic mass is 9.93. The zero-order chi connectivity index (χ0) is 17.4. The van der Waals surface area contributed by atoms with Gasteiger partial charge in [0.15, 0.2) is 5.65 Å². The van der Waals surface area contributed by atoms with Gasteiger partial charge in [-0.05, 0) is 44.1 Å². The summed E-state index contributed by atoms with van der Waals surface area (Å²) >= 11 is 0. The number of hydrogen-bond acceptors (Lipinski definition) is 3. The number of aromatic nitrogens is 3. The molecule has 1 amide bonds. The monoisotopic (exact) mass is 340 g/mol. The van der Waals surface area contributed by atoms with Crippen LogP contribution < -0.4 is 0 Å². The van der Waals surface area contributed by atoms with Crippen LogP contribution in [0.25, 0.3) is 11.2 Å². The first kappa shape index (κ1) is 16.6. The fraction of sp³-hybridized carbons (Fsp3) is 0.650. The van der Waals surface area contributed by atoms with Gasteiger partial charge in [-0.15, -0.1) is 0 Å². The predicted molar refractivity (Wildman–Crippen MR) is 98.4 cm³/mol. The molecule has 2 fully saturated rings. The summed E-state index contributed by atoms with van der Waals surface area (Å²) in [6, 6.07) is 2.77. The first-order valence-electron chi connectivity index (χ1n) is 9.77. The van der Waals surface area contributed by atoms with Gasteiger partial charge in [-0.1, -0.05) is 26.7 Å². The Kier molecular flexibility index (Phi) is 4.48. The molecule has 4 rings (SSSR count). The molecule has 4 heterocycles. The number of pyridine rings is 1. The Labute approximate surface area is 149 Å². The molecule has 0 N–H and O–H groups in total. The standard InChI is InChI=1S/C20H28N4O/c1-14(2)12-23-13-22-18-10-15(11-21-19(18)23)20(25)24-16-6-3-4-7-17(24)9-5-8-16/h10-11,13-14,16-17H,3-9,12H2,1-2H3. The summed E-state index contributed by atoms with van der Waals surface area (Å²) in [5, 5.41) is 0. The Balaban J connectivity index is 1.63. The predicted octanol–water partition coefficient (Wildman–Crippen LogP) is 4.02. The van der Waals surface area contributed by atoms with Crippen LogP contribution in [-0.4, -0.2) is 37.4 Å². The second-order valence-corrected chi connectivity index (χ2v) is 8.09. The number of carbonyl (C=O) groups is 1. The summed E-state index contributed by atoms with van der Waals surface area (Å²) in [7, 11) is 0. The lowest BCUT2D eigenvalue weighted by Gasteiger charge is -2.40. The third-order valence-electron chi connectivity index (χ3n) is 5.68. The SMILES string of the molecule is CC(C)Cn1cnc2cc(C(=O)N3C4CCCCC3CCC4)cnc21. The van der Waals surface area contributed by atoms with Gasteiger partial charge in [0.05, 0.1) is 11.9 Å². The molecule has 25 heavy (non-hydrogen) atoms. The van der Waals surface area contributed by atoms with Crippen molar-refractivity contribution in [3.8, 4) is 0 Å². The Morgan fingerprint density at radius 2 is 1.80 bits per heavy atom. The molecule has 2 aromatic rings. The Morgan fingerprint density at radius 3 is 2.48 bits per heavy atom. The highest BCUT2D eigenvalue weighted by Crippen LogP contribution is 2.34. The topological polar surface area (TPSA) is 51.0 Å². The van der Waals surface area contributed by atoms with Crippen molar-refractivity contribution in [2.75, 3.05) is 0 Å². The summed E-state index contributed by atoms with van der Waals surface area (Å²) in [5.74, 6) is 0.696. The minimum absolute atomic E-state index is 0.157. The van der Waals surface area contributed by atoms with Crippen LogP contribution in [0.3, 0.4) is 0 Å². The number of hydrogen-bond donors (Lipinski definition) is 0. The molecular formula is C20H28N4O. The van der Waals surface area contributed by atoms with E-state index in [9.17, 15) is 4.79 Å². The van der Waals surface area contributed by atoms with Gasteiger partial charge in [0.2, 0.25) is 0 Å². The smallest absolute Gasteiger partial charge is 0.255 e. The minimum Gasteiger partial charge on any atom is -0.333 e. The molecule has 0 aromatic carbocycles. The average Bonchev–Trinajstić information content (AvgIpc) is 2.94. The molecule has 2 bridgehead atoms. The normalized spacial score (nSPS) is 23.9. The van der Waals surface area contributed by atoms with Crippen molar-refractivity contribution in [3.63, 3.8) is 0 Å². The highest BCUT2D eigenvalue weighted by molar-refractivity contribution is 5.96. The molecule has 0 aliphatic carbocycles. The van der Waals surface area contributed by atoms with Crippen LogP contribution in [0.1, 0.15) is 69.2 Å². The van der Waals surface area contributed by atoms with E-state index in [0.717, 1.165) is 43.4 Å². The highest BCUT2D eigenvalue weighted by atomic mass is 16.2. The van der Waals surface area contributed by atoms with Crippen LogP contribution in [0.15, 0.2) is 18.6 Å². The summed E-state index contributed by atoms with van der Waals surface area (Å²) in [5.41, 5.74) is 2.40. The van der Waals surface area contributed by atoms with Gasteiger partial charge in [0.25, 0.3) is 5.91 Å². The summed E-state index contributed by atoms with van der Waals surface area (Å²) in [6.45, 7) is 5.26. The Bertz CT molecular complexity index is 752. The van der Waals surface area contributed by atoms with Crippen LogP contribution in [0.5, 0.6) is 0 Å². The molecule has 5 heteroatoms. The van der Waals surface area contributed by atoms with Crippen LogP contribution in [-0.2, 0) is 6.54 Å². The molecule has 2 unspecified atom stereocenters. The fourth-order valence-corrected chi connectivity index (χ4v) is 4.57. The van der Waals surface area contributed by atoms with Crippen molar-refractivity contribution in [2.45, 2.75) is 77.4 Å². The maximum atomic E-state index is 13.2. The molecular weight excluding hydrogens is 312 g/mol. The van der Waals surface area contributed by atoms with Gasteiger partial charge in [-0.2, -0.15) is 0 Å². The quantitative estimate of drug-likeness (QED) is 0.848. The van der Waals surface area contributed by atoms with E-state index >= 15 is 0 Å². The fourth-order valence-electron chi connectivity index (χ4n) is 4.57. The van der Waals surface area contributed by atoms with Gasteiger partial charge in [-0.3, -0.25) is 4.79 Å². The summed E-state index contributed by atoms with van der Waals surface area (Å²) in [4.78, 5) is 24.5. The molecule has 2 aromatic heterocycles. The van der Waals surface area contributed by atoms with E-state index in [0.29, 0.717) is 23.6 Å². The van der Waals surface area contributed by atoms with Crippen molar-refractivity contribution in [1.29, 1.82) is 0 Å². The third-order valence-corrected chi connectivity index (χ3v) is 5.68. The lowest BCUT2D eigenvalue weighted by molar-refractivity contribution is 0.0460. The molecule has 134 valence electrons. The van der Waals surface area contributed by atoms with Crippen molar-refractivity contribution < 1.29 is 4.79 Å². The highest BCUT2D eigenvalue weighted by Gasteiger charge is 2.36.